The molecule has 0 unspecified atom stereocenters. The first-order valence-electron chi connectivity index (χ1n) is 8.45. The van der Waals surface area contributed by atoms with Crippen molar-refractivity contribution in [3.63, 3.8) is 0 Å². The number of nitrogens with zero attached hydrogens (tertiary/aromatic N) is 4. The lowest BCUT2D eigenvalue weighted by molar-refractivity contribution is 0.0690. The maximum atomic E-state index is 11.3. The lowest BCUT2D eigenvalue weighted by Gasteiger charge is -2.13. The smallest absolute Gasteiger partial charge is 0.354 e. The molecular weight excluding hydrogens is 346 g/mol. The SMILES string of the molecule is COc1cc(Nc2nc(C(=O)O)cc(C(C)C)n2)ccc1-n1cnc(C)c1. The third kappa shape index (κ3) is 4.05. The molecule has 2 aromatic heterocycles. The lowest BCUT2D eigenvalue weighted by Crippen LogP contribution is -2.09. The molecule has 8 heteroatoms. The number of aromatic carboxylic acids is 1. The van der Waals surface area contributed by atoms with Crippen molar-refractivity contribution in [2.24, 2.45) is 0 Å². The van der Waals surface area contributed by atoms with E-state index >= 15 is 0 Å². The van der Waals surface area contributed by atoms with E-state index in [1.165, 1.54) is 6.07 Å². The van der Waals surface area contributed by atoms with Crippen LogP contribution in [0.15, 0.2) is 36.8 Å². The van der Waals surface area contributed by atoms with E-state index in [-0.39, 0.29) is 17.6 Å². The summed E-state index contributed by atoms with van der Waals surface area (Å²) in [5.41, 5.74) is 3.03. The Bertz CT molecular complexity index is 981. The van der Waals surface area contributed by atoms with Gasteiger partial charge in [0.05, 0.1) is 24.8 Å². The van der Waals surface area contributed by atoms with Crippen molar-refractivity contribution in [2.75, 3.05) is 12.4 Å². The van der Waals surface area contributed by atoms with Gasteiger partial charge in [-0.1, -0.05) is 13.8 Å². The molecule has 0 atom stereocenters. The van der Waals surface area contributed by atoms with Crippen LogP contribution in [0.2, 0.25) is 0 Å². The Morgan fingerprint density at radius 1 is 1.26 bits per heavy atom. The van der Waals surface area contributed by atoms with Gasteiger partial charge in [-0.15, -0.1) is 0 Å². The summed E-state index contributed by atoms with van der Waals surface area (Å²) in [7, 11) is 1.59. The normalized spacial score (nSPS) is 10.9. The molecule has 3 aromatic rings. The Balaban J connectivity index is 1.95. The second-order valence-electron chi connectivity index (χ2n) is 6.40. The van der Waals surface area contributed by atoms with Crippen molar-refractivity contribution < 1.29 is 14.6 Å². The Hall–Kier alpha value is -3.42. The molecule has 0 aliphatic rings. The van der Waals surface area contributed by atoms with Gasteiger partial charge >= 0.3 is 5.97 Å². The third-order valence-corrected chi connectivity index (χ3v) is 3.98. The van der Waals surface area contributed by atoms with Crippen LogP contribution in [0.25, 0.3) is 5.69 Å². The number of methoxy groups -OCH3 is 1. The number of aromatic nitrogens is 4. The molecule has 8 nitrogen and oxygen atoms in total. The van der Waals surface area contributed by atoms with E-state index in [0.29, 0.717) is 17.1 Å². The monoisotopic (exact) mass is 367 g/mol. The molecule has 0 amide bonds. The second-order valence-corrected chi connectivity index (χ2v) is 6.40. The highest BCUT2D eigenvalue weighted by molar-refractivity contribution is 5.86. The molecule has 2 heterocycles. The summed E-state index contributed by atoms with van der Waals surface area (Å²) >= 11 is 0. The van der Waals surface area contributed by atoms with Gasteiger partial charge in [0.25, 0.3) is 0 Å². The van der Waals surface area contributed by atoms with Crippen molar-refractivity contribution >= 4 is 17.6 Å². The Morgan fingerprint density at radius 3 is 2.63 bits per heavy atom. The van der Waals surface area contributed by atoms with Crippen LogP contribution in [-0.2, 0) is 0 Å². The Morgan fingerprint density at radius 2 is 2.04 bits per heavy atom. The highest BCUT2D eigenvalue weighted by Gasteiger charge is 2.14. The summed E-state index contributed by atoms with van der Waals surface area (Å²) < 4.78 is 7.36. The van der Waals surface area contributed by atoms with Crippen molar-refractivity contribution in [1.29, 1.82) is 0 Å². The first kappa shape index (κ1) is 18.4. The summed E-state index contributed by atoms with van der Waals surface area (Å²) in [6, 6.07) is 7.02. The van der Waals surface area contributed by atoms with E-state index in [4.69, 9.17) is 4.74 Å². The minimum Gasteiger partial charge on any atom is -0.494 e. The maximum Gasteiger partial charge on any atom is 0.354 e. The Kier molecular flexibility index (Phi) is 5.07. The van der Waals surface area contributed by atoms with Crippen LogP contribution in [0, 0.1) is 6.92 Å². The maximum absolute atomic E-state index is 11.3. The number of rotatable bonds is 6. The van der Waals surface area contributed by atoms with Crippen LogP contribution in [-0.4, -0.2) is 37.7 Å². The number of hydrogen-bond donors (Lipinski definition) is 2. The zero-order valence-electron chi connectivity index (χ0n) is 15.6. The molecule has 0 fully saturated rings. The van der Waals surface area contributed by atoms with Gasteiger partial charge in [0.15, 0.2) is 5.69 Å². The minimum absolute atomic E-state index is 0.0475. The number of carboxylic acids is 1. The fraction of sp³-hybridized carbons (Fsp3) is 0.263. The van der Waals surface area contributed by atoms with Crippen LogP contribution in [0.1, 0.15) is 41.6 Å². The molecule has 0 saturated carbocycles. The van der Waals surface area contributed by atoms with Gasteiger partial charge in [-0.25, -0.2) is 19.7 Å². The summed E-state index contributed by atoms with van der Waals surface area (Å²) in [4.78, 5) is 24.0. The fourth-order valence-corrected chi connectivity index (χ4v) is 2.58. The van der Waals surface area contributed by atoms with Gasteiger partial charge in [0, 0.05) is 23.6 Å². The number of hydrogen-bond acceptors (Lipinski definition) is 6. The molecule has 0 aliphatic carbocycles. The third-order valence-electron chi connectivity index (χ3n) is 3.98. The van der Waals surface area contributed by atoms with E-state index in [1.807, 2.05) is 43.7 Å². The highest BCUT2D eigenvalue weighted by atomic mass is 16.5. The van der Waals surface area contributed by atoms with Crippen LogP contribution in [0.3, 0.4) is 0 Å². The van der Waals surface area contributed by atoms with E-state index in [0.717, 1.165) is 11.4 Å². The molecule has 27 heavy (non-hydrogen) atoms. The molecule has 1 aromatic carbocycles. The molecular formula is C19H21N5O3. The van der Waals surface area contributed by atoms with Crippen LogP contribution in [0.5, 0.6) is 5.75 Å². The number of nitrogens with one attached hydrogen (secondary N) is 1. The van der Waals surface area contributed by atoms with E-state index in [2.05, 4.69) is 20.3 Å². The van der Waals surface area contributed by atoms with Crippen molar-refractivity contribution in [2.45, 2.75) is 26.7 Å². The average Bonchev–Trinajstić information content (AvgIpc) is 3.07. The van der Waals surface area contributed by atoms with Gasteiger partial charge in [0.1, 0.15) is 5.75 Å². The molecule has 0 radical (unpaired) electrons. The van der Waals surface area contributed by atoms with Gasteiger partial charge < -0.3 is 19.7 Å². The number of aryl methyl sites for hydroxylation is 1. The molecule has 2 N–H and O–H groups in total. The summed E-state index contributed by atoms with van der Waals surface area (Å²) in [5, 5.41) is 12.3. The lowest BCUT2D eigenvalue weighted by atomic mass is 10.1. The van der Waals surface area contributed by atoms with E-state index < -0.39 is 5.97 Å². The van der Waals surface area contributed by atoms with Gasteiger partial charge in [-0.05, 0) is 31.0 Å². The first-order valence-corrected chi connectivity index (χ1v) is 8.45. The summed E-state index contributed by atoms with van der Waals surface area (Å²) in [6.45, 7) is 5.81. The molecule has 3 rings (SSSR count). The highest BCUT2D eigenvalue weighted by Crippen LogP contribution is 2.28. The van der Waals surface area contributed by atoms with Crippen molar-refractivity contribution in [1.82, 2.24) is 19.5 Å². The standard InChI is InChI=1S/C19H21N5O3/c1-11(2)14-8-15(18(25)26)23-19(22-14)21-13-5-6-16(17(7-13)27-4)24-9-12(3)20-10-24/h5-11H,1-4H3,(H,25,26)(H,21,22,23). The van der Waals surface area contributed by atoms with Crippen molar-refractivity contribution in [3.05, 3.63) is 53.9 Å². The van der Waals surface area contributed by atoms with Crippen LogP contribution in [0.4, 0.5) is 11.6 Å². The van der Waals surface area contributed by atoms with Crippen molar-refractivity contribution in [3.8, 4) is 11.4 Å². The molecule has 0 saturated heterocycles. The first-order chi connectivity index (χ1) is 12.9. The number of imidazole rings is 1. The molecule has 0 bridgehead atoms. The number of ether oxygens (including phenoxy) is 1. The zero-order chi connectivity index (χ0) is 19.6. The van der Waals surface area contributed by atoms with Crippen LogP contribution < -0.4 is 10.1 Å². The van der Waals surface area contributed by atoms with Gasteiger partial charge in [-0.2, -0.15) is 0 Å². The second kappa shape index (κ2) is 7.45. The fourth-order valence-electron chi connectivity index (χ4n) is 2.58. The Labute approximate surface area is 156 Å². The summed E-state index contributed by atoms with van der Waals surface area (Å²) in [5.74, 6) is -0.151. The molecule has 0 aliphatic heterocycles. The van der Waals surface area contributed by atoms with Crippen LogP contribution >= 0.6 is 0 Å². The largest absolute Gasteiger partial charge is 0.494 e. The quantitative estimate of drug-likeness (QED) is 0.687. The number of anilines is 2. The predicted octanol–water partition coefficient (Wildman–Crippen LogP) is 3.54. The topological polar surface area (TPSA) is 102 Å². The van der Waals surface area contributed by atoms with Gasteiger partial charge in [0.2, 0.25) is 5.95 Å². The molecule has 0 spiro atoms. The van der Waals surface area contributed by atoms with E-state index in [9.17, 15) is 9.90 Å². The average molecular weight is 367 g/mol. The number of benzene rings is 1. The molecule has 140 valence electrons. The number of carbonyl (C=O) groups is 1. The predicted molar refractivity (Wildman–Crippen MR) is 101 cm³/mol. The van der Waals surface area contributed by atoms with Gasteiger partial charge in [-0.3, -0.25) is 0 Å². The van der Waals surface area contributed by atoms with E-state index in [1.54, 1.807) is 19.5 Å². The zero-order valence-corrected chi connectivity index (χ0v) is 15.6. The minimum atomic E-state index is -1.09. The summed E-state index contributed by atoms with van der Waals surface area (Å²) in [6.07, 6.45) is 3.62. The number of carboxylic acid groups (broad SMARTS) is 1.